The van der Waals surface area contributed by atoms with Gasteiger partial charge in [0, 0.05) is 18.5 Å². The van der Waals surface area contributed by atoms with Crippen molar-refractivity contribution in [2.75, 3.05) is 6.54 Å². The molecule has 5 aliphatic rings. The zero-order valence-corrected chi connectivity index (χ0v) is 20.9. The highest BCUT2D eigenvalue weighted by molar-refractivity contribution is 6.03. The zero-order valence-electron chi connectivity index (χ0n) is 20.9. The molecule has 4 fully saturated rings. The molecular weight excluding hydrogens is 474 g/mol. The van der Waals surface area contributed by atoms with Crippen LogP contribution in [-0.4, -0.2) is 53.1 Å². The molecule has 198 valence electrons. The van der Waals surface area contributed by atoms with Crippen molar-refractivity contribution in [2.24, 2.45) is 34.1 Å². The van der Waals surface area contributed by atoms with Gasteiger partial charge in [-0.2, -0.15) is 0 Å². The fourth-order valence-electron chi connectivity index (χ4n) is 7.30. The Morgan fingerprint density at radius 1 is 1.11 bits per heavy atom. The van der Waals surface area contributed by atoms with E-state index < -0.39 is 36.4 Å². The molecule has 10 nitrogen and oxygen atoms in total. The van der Waals surface area contributed by atoms with Gasteiger partial charge in [-0.25, -0.2) is 0 Å². The maximum Gasteiger partial charge on any atom is 0.305 e. The van der Waals surface area contributed by atoms with Crippen LogP contribution in [0.25, 0.3) is 0 Å². The van der Waals surface area contributed by atoms with Crippen LogP contribution in [0.3, 0.4) is 0 Å². The molecule has 0 saturated heterocycles. The Labute approximate surface area is 215 Å². The molecule has 10 heteroatoms. The lowest BCUT2D eigenvalue weighted by Crippen LogP contribution is -2.54. The molecule has 0 spiro atoms. The van der Waals surface area contributed by atoms with Gasteiger partial charge < -0.3 is 26.3 Å². The van der Waals surface area contributed by atoms with Crippen molar-refractivity contribution >= 4 is 29.3 Å². The first-order valence-corrected chi connectivity index (χ1v) is 13.1. The summed E-state index contributed by atoms with van der Waals surface area (Å²) in [6, 6.07) is 5.88. The lowest BCUT2D eigenvalue weighted by atomic mass is 9.49. The average Bonchev–Trinajstić information content (AvgIpc) is 3.29. The minimum atomic E-state index is -1.15. The first kappa shape index (κ1) is 25.2. The fourth-order valence-corrected chi connectivity index (χ4v) is 7.30. The Bertz CT molecular complexity index is 1080. The van der Waals surface area contributed by atoms with Gasteiger partial charge in [-0.1, -0.05) is 29.4 Å². The van der Waals surface area contributed by atoms with Crippen LogP contribution < -0.4 is 16.4 Å². The van der Waals surface area contributed by atoms with Gasteiger partial charge in [0.1, 0.15) is 18.0 Å². The zero-order chi connectivity index (χ0) is 26.2. The highest BCUT2D eigenvalue weighted by Gasteiger charge is 2.50. The van der Waals surface area contributed by atoms with E-state index in [0.29, 0.717) is 24.2 Å². The Kier molecular flexibility index (Phi) is 6.92. The molecule has 1 aliphatic heterocycles. The number of amidine groups is 1. The van der Waals surface area contributed by atoms with Gasteiger partial charge in [-0.05, 0) is 67.3 Å². The molecule has 2 atom stereocenters. The van der Waals surface area contributed by atoms with Crippen molar-refractivity contribution in [3.8, 4) is 0 Å². The van der Waals surface area contributed by atoms with Gasteiger partial charge in [0.05, 0.1) is 18.6 Å². The summed E-state index contributed by atoms with van der Waals surface area (Å²) in [7, 11) is 0. The van der Waals surface area contributed by atoms with Crippen molar-refractivity contribution in [3.63, 3.8) is 0 Å². The van der Waals surface area contributed by atoms with Gasteiger partial charge in [-0.3, -0.25) is 19.8 Å². The maximum absolute atomic E-state index is 13.0. The topological polar surface area (TPSA) is 167 Å². The number of carbonyl (C=O) groups excluding carboxylic acids is 2. The normalized spacial score (nSPS) is 30.2. The number of hydrogen-bond donors (Lipinski definition) is 5. The largest absolute Gasteiger partial charge is 0.481 e. The van der Waals surface area contributed by atoms with Crippen molar-refractivity contribution in [1.82, 2.24) is 10.6 Å². The number of hydrogen-bond acceptors (Lipinski definition) is 6. The minimum absolute atomic E-state index is 0.0244. The number of nitrogens with two attached hydrogens (primary N) is 1. The summed E-state index contributed by atoms with van der Waals surface area (Å²) in [5.74, 6) is 0.191. The molecule has 1 heterocycles. The van der Waals surface area contributed by atoms with Crippen LogP contribution in [0, 0.1) is 28.6 Å². The lowest BCUT2D eigenvalue weighted by Gasteiger charge is -2.57. The lowest BCUT2D eigenvalue weighted by molar-refractivity contribution is -0.141. The average molecular weight is 510 g/mol. The van der Waals surface area contributed by atoms with Crippen LogP contribution in [-0.2, 0) is 19.2 Å². The molecular formula is C27H35N5O5. The van der Waals surface area contributed by atoms with Gasteiger partial charge in [0.15, 0.2) is 0 Å². The second-order valence-corrected chi connectivity index (χ2v) is 11.5. The first-order valence-electron chi connectivity index (χ1n) is 13.1. The predicted molar refractivity (Wildman–Crippen MR) is 136 cm³/mol. The molecule has 0 radical (unpaired) electrons. The third-order valence-corrected chi connectivity index (χ3v) is 8.51. The minimum Gasteiger partial charge on any atom is -0.481 e. The van der Waals surface area contributed by atoms with Gasteiger partial charge in [-0.15, -0.1) is 0 Å². The number of carboxylic acid groups (broad SMARTS) is 1. The quantitative estimate of drug-likeness (QED) is 0.239. The molecule has 1 unspecified atom stereocenters. The highest BCUT2D eigenvalue weighted by Crippen LogP contribution is 2.59. The fraction of sp³-hybridized carbons (Fsp3) is 0.593. The SMILES string of the molecule is N=C(N)c1ccc(C2=NOC(CC(=O)N[C@@H](CC(=O)O)C(=O)NCC34CC5CC(CC(C5)C3)C4)C2)cc1. The molecule has 6 rings (SSSR count). The molecule has 4 bridgehead atoms. The number of nitrogen functional groups attached to an aromatic ring is 1. The third kappa shape index (κ3) is 5.78. The Balaban J connectivity index is 1.13. The molecule has 1 aromatic rings. The number of amides is 2. The van der Waals surface area contributed by atoms with E-state index in [1.54, 1.807) is 24.3 Å². The van der Waals surface area contributed by atoms with Crippen LogP contribution >= 0.6 is 0 Å². The number of oxime groups is 1. The number of carbonyl (C=O) groups is 3. The molecule has 2 amide bonds. The summed E-state index contributed by atoms with van der Waals surface area (Å²) in [4.78, 5) is 42.6. The Morgan fingerprint density at radius 2 is 1.73 bits per heavy atom. The van der Waals surface area contributed by atoms with Gasteiger partial charge in [0.25, 0.3) is 0 Å². The van der Waals surface area contributed by atoms with Crippen molar-refractivity contribution in [2.45, 2.75) is 69.9 Å². The van der Waals surface area contributed by atoms with Crippen LogP contribution in [0.4, 0.5) is 0 Å². The summed E-state index contributed by atoms with van der Waals surface area (Å²) in [5.41, 5.74) is 7.69. The second-order valence-electron chi connectivity index (χ2n) is 11.5. The molecule has 4 saturated carbocycles. The smallest absolute Gasteiger partial charge is 0.305 e. The number of benzene rings is 1. The van der Waals surface area contributed by atoms with E-state index in [9.17, 15) is 19.5 Å². The van der Waals surface area contributed by atoms with Gasteiger partial charge >= 0.3 is 5.97 Å². The van der Waals surface area contributed by atoms with E-state index in [-0.39, 0.29) is 17.7 Å². The van der Waals surface area contributed by atoms with E-state index in [1.807, 2.05) is 0 Å². The van der Waals surface area contributed by atoms with E-state index >= 15 is 0 Å². The van der Waals surface area contributed by atoms with Crippen molar-refractivity contribution < 1.29 is 24.3 Å². The molecule has 4 aliphatic carbocycles. The van der Waals surface area contributed by atoms with Crippen LogP contribution in [0.5, 0.6) is 0 Å². The summed E-state index contributed by atoms with van der Waals surface area (Å²) >= 11 is 0. The van der Waals surface area contributed by atoms with Crippen LogP contribution in [0.15, 0.2) is 29.4 Å². The van der Waals surface area contributed by atoms with Crippen molar-refractivity contribution in [3.05, 3.63) is 35.4 Å². The molecule has 37 heavy (non-hydrogen) atoms. The number of rotatable bonds is 10. The second kappa shape index (κ2) is 10.1. The van der Waals surface area contributed by atoms with E-state index in [1.165, 1.54) is 19.3 Å². The maximum atomic E-state index is 13.0. The molecule has 6 N–H and O–H groups in total. The van der Waals surface area contributed by atoms with E-state index in [4.69, 9.17) is 16.0 Å². The summed E-state index contributed by atoms with van der Waals surface area (Å²) in [6.07, 6.45) is 6.69. The van der Waals surface area contributed by atoms with Gasteiger partial charge in [0.2, 0.25) is 11.8 Å². The monoisotopic (exact) mass is 509 g/mol. The standard InChI is InChI=1S/C27H35N5O5/c28-25(29)19-3-1-18(2-4-19)21-8-20(37-32-21)9-23(33)31-22(10-24(34)35)26(36)30-14-27-11-15-5-16(12-27)7-17(6-15)13-27/h1-4,15-17,20,22H,5-14H2,(H3,28,29)(H,30,36)(H,31,33)(H,34,35)/t15?,16?,17?,20?,22-,27?/m0/s1. The van der Waals surface area contributed by atoms with Crippen molar-refractivity contribution in [1.29, 1.82) is 5.41 Å². The number of nitrogens with zero attached hydrogens (tertiary/aromatic N) is 1. The predicted octanol–water partition coefficient (Wildman–Crippen LogP) is 2.15. The molecule has 0 aromatic heterocycles. The Hall–Kier alpha value is -3.43. The van der Waals surface area contributed by atoms with E-state index in [0.717, 1.165) is 42.6 Å². The Morgan fingerprint density at radius 3 is 2.30 bits per heavy atom. The first-order chi connectivity index (χ1) is 17.7. The number of carboxylic acids is 1. The van der Waals surface area contributed by atoms with E-state index in [2.05, 4.69) is 15.8 Å². The molecule has 1 aromatic carbocycles. The number of nitrogens with one attached hydrogen (secondary N) is 3. The summed E-state index contributed by atoms with van der Waals surface area (Å²) in [6.45, 7) is 0.548. The number of aliphatic carboxylic acids is 1. The summed E-state index contributed by atoms with van der Waals surface area (Å²) in [5, 5.41) is 26.5. The van der Waals surface area contributed by atoms with Crippen LogP contribution in [0.1, 0.15) is 68.9 Å². The van der Waals surface area contributed by atoms with Crippen LogP contribution in [0.2, 0.25) is 0 Å². The summed E-state index contributed by atoms with van der Waals surface area (Å²) < 4.78 is 0. The highest BCUT2D eigenvalue weighted by atomic mass is 16.6. The third-order valence-electron chi connectivity index (χ3n) is 8.51.